The van der Waals surface area contributed by atoms with Gasteiger partial charge >= 0.3 is 0 Å². The van der Waals surface area contributed by atoms with Crippen LogP contribution < -0.4 is 5.32 Å². The molecule has 1 heterocycles. The average Bonchev–Trinajstić information content (AvgIpc) is 3.01. The van der Waals surface area contributed by atoms with E-state index in [0.717, 1.165) is 16.8 Å². The van der Waals surface area contributed by atoms with Crippen molar-refractivity contribution in [2.45, 2.75) is 13.8 Å². The molecule has 2 aromatic carbocycles. The lowest BCUT2D eigenvalue weighted by Crippen LogP contribution is -2.12. The van der Waals surface area contributed by atoms with Crippen LogP contribution in [0.4, 0.5) is 10.1 Å². The molecule has 116 valence electrons. The number of rotatable bonds is 3. The first-order valence-corrected chi connectivity index (χ1v) is 7.22. The van der Waals surface area contributed by atoms with Gasteiger partial charge in [-0.1, -0.05) is 17.7 Å². The summed E-state index contributed by atoms with van der Waals surface area (Å²) >= 11 is 0. The highest BCUT2D eigenvalue weighted by molar-refractivity contribution is 6.04. The van der Waals surface area contributed by atoms with Gasteiger partial charge in [0.25, 0.3) is 5.91 Å². The fourth-order valence-corrected chi connectivity index (χ4v) is 2.32. The average molecular weight is 309 g/mol. The van der Waals surface area contributed by atoms with Crippen LogP contribution in [0.25, 0.3) is 5.69 Å². The summed E-state index contributed by atoms with van der Waals surface area (Å²) in [5.74, 6) is -0.543. The van der Waals surface area contributed by atoms with Crippen molar-refractivity contribution in [1.29, 1.82) is 0 Å². The number of benzene rings is 2. The van der Waals surface area contributed by atoms with E-state index in [0.29, 0.717) is 11.3 Å². The van der Waals surface area contributed by atoms with Crippen molar-refractivity contribution in [3.63, 3.8) is 0 Å². The van der Waals surface area contributed by atoms with Crippen molar-refractivity contribution in [2.75, 3.05) is 5.32 Å². The Kier molecular flexibility index (Phi) is 3.93. The lowest BCUT2D eigenvalue weighted by atomic mass is 10.1. The molecule has 0 bridgehead atoms. The quantitative estimate of drug-likeness (QED) is 0.798. The molecule has 4 nitrogen and oxygen atoms in total. The van der Waals surface area contributed by atoms with Gasteiger partial charge in [-0.15, -0.1) is 0 Å². The highest BCUT2D eigenvalue weighted by atomic mass is 19.1. The maximum atomic E-state index is 13.0. The second kappa shape index (κ2) is 6.04. The molecular formula is C18H16FN3O. The first-order valence-electron chi connectivity index (χ1n) is 7.22. The highest BCUT2D eigenvalue weighted by Crippen LogP contribution is 2.17. The van der Waals surface area contributed by atoms with Gasteiger partial charge in [0, 0.05) is 11.9 Å². The molecule has 0 radical (unpaired) electrons. The Hall–Kier alpha value is -2.95. The van der Waals surface area contributed by atoms with Crippen LogP contribution in [-0.4, -0.2) is 15.7 Å². The molecule has 0 aliphatic carbocycles. The topological polar surface area (TPSA) is 46.9 Å². The van der Waals surface area contributed by atoms with Crippen LogP contribution in [-0.2, 0) is 0 Å². The summed E-state index contributed by atoms with van der Waals surface area (Å²) in [5, 5.41) is 7.02. The Morgan fingerprint density at radius 1 is 1.13 bits per heavy atom. The number of aromatic nitrogens is 2. The summed E-state index contributed by atoms with van der Waals surface area (Å²) in [5.41, 5.74) is 4.05. The van der Waals surface area contributed by atoms with Crippen molar-refractivity contribution in [2.24, 2.45) is 0 Å². The van der Waals surface area contributed by atoms with Crippen LogP contribution in [0.1, 0.15) is 21.5 Å². The number of halogens is 1. The van der Waals surface area contributed by atoms with Crippen molar-refractivity contribution in [3.05, 3.63) is 77.4 Å². The maximum Gasteiger partial charge on any atom is 0.258 e. The number of anilines is 1. The third-order valence-electron chi connectivity index (χ3n) is 3.57. The molecule has 1 aromatic heterocycles. The van der Waals surface area contributed by atoms with Crippen molar-refractivity contribution in [3.8, 4) is 5.69 Å². The van der Waals surface area contributed by atoms with E-state index in [1.807, 2.05) is 32.0 Å². The van der Waals surface area contributed by atoms with Gasteiger partial charge in [-0.25, -0.2) is 9.07 Å². The Labute approximate surface area is 133 Å². The Morgan fingerprint density at radius 3 is 2.57 bits per heavy atom. The van der Waals surface area contributed by atoms with Gasteiger partial charge in [0.05, 0.1) is 17.4 Å². The molecule has 0 spiro atoms. The fraction of sp³-hybridized carbons (Fsp3) is 0.111. The number of aryl methyl sites for hydroxylation is 2. The monoisotopic (exact) mass is 309 g/mol. The molecule has 0 aliphatic heterocycles. The zero-order valence-electron chi connectivity index (χ0n) is 12.9. The van der Waals surface area contributed by atoms with Crippen LogP contribution in [0, 0.1) is 19.7 Å². The molecule has 0 fully saturated rings. The molecule has 0 aliphatic rings. The van der Waals surface area contributed by atoms with Crippen LogP contribution >= 0.6 is 0 Å². The lowest BCUT2D eigenvalue weighted by Gasteiger charge is -2.08. The van der Waals surface area contributed by atoms with Gasteiger partial charge in [-0.05, 0) is 49.7 Å². The molecular weight excluding hydrogens is 293 g/mol. The first kappa shape index (κ1) is 15.0. The van der Waals surface area contributed by atoms with E-state index < -0.39 is 0 Å². The number of nitrogens with zero attached hydrogens (tertiary/aromatic N) is 2. The highest BCUT2D eigenvalue weighted by Gasteiger charge is 2.11. The van der Waals surface area contributed by atoms with Crippen LogP contribution in [0.2, 0.25) is 0 Å². The minimum atomic E-state index is -0.311. The van der Waals surface area contributed by atoms with E-state index in [1.165, 1.54) is 23.0 Å². The molecule has 1 amide bonds. The van der Waals surface area contributed by atoms with Crippen LogP contribution in [0.15, 0.2) is 54.9 Å². The van der Waals surface area contributed by atoms with Crippen molar-refractivity contribution in [1.82, 2.24) is 9.78 Å². The van der Waals surface area contributed by atoms with E-state index >= 15 is 0 Å². The first-order chi connectivity index (χ1) is 11.0. The number of nitrogens with one attached hydrogen (secondary N) is 1. The van der Waals surface area contributed by atoms with Crippen molar-refractivity contribution < 1.29 is 9.18 Å². The second-order valence-electron chi connectivity index (χ2n) is 5.42. The normalized spacial score (nSPS) is 10.6. The summed E-state index contributed by atoms with van der Waals surface area (Å²) in [6.45, 7) is 3.95. The third kappa shape index (κ3) is 3.29. The van der Waals surface area contributed by atoms with Crippen LogP contribution in [0.3, 0.4) is 0 Å². The zero-order valence-corrected chi connectivity index (χ0v) is 12.9. The summed E-state index contributed by atoms with van der Waals surface area (Å²) in [4.78, 5) is 12.3. The molecule has 3 rings (SSSR count). The zero-order chi connectivity index (χ0) is 16.4. The summed E-state index contributed by atoms with van der Waals surface area (Å²) in [6, 6.07) is 11.8. The number of carbonyl (C=O) groups excluding carboxylic acids is 1. The summed E-state index contributed by atoms with van der Waals surface area (Å²) < 4.78 is 14.5. The fourth-order valence-electron chi connectivity index (χ4n) is 2.32. The predicted molar refractivity (Wildman–Crippen MR) is 87.4 cm³/mol. The number of hydrogen-bond donors (Lipinski definition) is 1. The minimum Gasteiger partial charge on any atom is -0.322 e. The predicted octanol–water partition coefficient (Wildman–Crippen LogP) is 3.88. The second-order valence-corrected chi connectivity index (χ2v) is 5.42. The number of hydrogen-bond acceptors (Lipinski definition) is 2. The molecule has 0 atom stereocenters. The largest absolute Gasteiger partial charge is 0.322 e. The molecule has 0 unspecified atom stereocenters. The van der Waals surface area contributed by atoms with E-state index in [-0.39, 0.29) is 11.7 Å². The van der Waals surface area contributed by atoms with Gasteiger partial charge in [0.2, 0.25) is 0 Å². The Bertz CT molecular complexity index is 853. The van der Waals surface area contributed by atoms with E-state index in [1.54, 1.807) is 18.3 Å². The summed E-state index contributed by atoms with van der Waals surface area (Å²) in [6.07, 6.45) is 3.11. The number of amides is 1. The minimum absolute atomic E-state index is 0.231. The Balaban J connectivity index is 1.79. The van der Waals surface area contributed by atoms with E-state index in [9.17, 15) is 9.18 Å². The SMILES string of the molecule is Cc1ccc(NC(=O)c2cnn(-c3ccc(F)cc3)c2)c(C)c1. The summed E-state index contributed by atoms with van der Waals surface area (Å²) in [7, 11) is 0. The van der Waals surface area contributed by atoms with E-state index in [4.69, 9.17) is 0 Å². The lowest BCUT2D eigenvalue weighted by molar-refractivity contribution is 0.102. The van der Waals surface area contributed by atoms with Gasteiger partial charge in [0.1, 0.15) is 5.82 Å². The van der Waals surface area contributed by atoms with Gasteiger partial charge in [-0.2, -0.15) is 5.10 Å². The van der Waals surface area contributed by atoms with Crippen LogP contribution in [0.5, 0.6) is 0 Å². The van der Waals surface area contributed by atoms with E-state index in [2.05, 4.69) is 10.4 Å². The molecule has 0 saturated carbocycles. The molecule has 3 aromatic rings. The molecule has 1 N–H and O–H groups in total. The maximum absolute atomic E-state index is 13.0. The Morgan fingerprint density at radius 2 is 1.87 bits per heavy atom. The van der Waals surface area contributed by atoms with Crippen molar-refractivity contribution >= 4 is 11.6 Å². The van der Waals surface area contributed by atoms with Gasteiger partial charge in [0.15, 0.2) is 0 Å². The standard InChI is InChI=1S/C18H16FN3O/c1-12-3-8-17(13(2)9-12)21-18(23)14-10-20-22(11-14)16-6-4-15(19)5-7-16/h3-11H,1-2H3,(H,21,23). The molecule has 5 heteroatoms. The van der Waals surface area contributed by atoms with Gasteiger partial charge < -0.3 is 5.32 Å². The smallest absolute Gasteiger partial charge is 0.258 e. The molecule has 23 heavy (non-hydrogen) atoms. The third-order valence-corrected chi connectivity index (χ3v) is 3.57. The molecule has 0 saturated heterocycles. The van der Waals surface area contributed by atoms with Gasteiger partial charge in [-0.3, -0.25) is 4.79 Å². The number of carbonyl (C=O) groups is 1.